The highest BCUT2D eigenvalue weighted by Crippen LogP contribution is 2.39. The number of rotatable bonds is 5. The zero-order chi connectivity index (χ0) is 22.9. The first-order valence-corrected chi connectivity index (χ1v) is 10.4. The monoisotopic (exact) mass is 454 g/mol. The lowest BCUT2D eigenvalue weighted by molar-refractivity contribution is -0.137. The van der Waals surface area contributed by atoms with E-state index in [4.69, 9.17) is 0 Å². The van der Waals surface area contributed by atoms with Crippen LogP contribution in [0.25, 0.3) is 0 Å². The van der Waals surface area contributed by atoms with Gasteiger partial charge in [0, 0.05) is 10.6 Å². The van der Waals surface area contributed by atoms with Crippen LogP contribution in [0.4, 0.5) is 24.5 Å². The Hall–Kier alpha value is -3.52. The molecule has 1 N–H and O–H groups in total. The Balaban J connectivity index is 1.77. The van der Waals surface area contributed by atoms with E-state index < -0.39 is 23.6 Å². The number of hydrogen-bond acceptors (Lipinski definition) is 4. The molecule has 4 nitrogen and oxygen atoms in total. The fourth-order valence-electron chi connectivity index (χ4n) is 3.22. The molecular weight excluding hydrogens is 437 g/mol. The largest absolute Gasteiger partial charge is 0.416 e. The van der Waals surface area contributed by atoms with Gasteiger partial charge in [-0.3, -0.25) is 9.59 Å². The van der Waals surface area contributed by atoms with Gasteiger partial charge in [0.05, 0.1) is 11.3 Å². The third kappa shape index (κ3) is 4.27. The number of imide groups is 1. The average Bonchev–Trinajstić information content (AvgIpc) is 2.99. The molecule has 0 bridgehead atoms. The molecule has 0 saturated heterocycles. The van der Waals surface area contributed by atoms with Crippen molar-refractivity contribution in [2.75, 3.05) is 10.2 Å². The van der Waals surface area contributed by atoms with E-state index in [0.29, 0.717) is 5.69 Å². The van der Waals surface area contributed by atoms with Gasteiger partial charge in [-0.25, -0.2) is 4.90 Å². The summed E-state index contributed by atoms with van der Waals surface area (Å²) < 4.78 is 39.6. The first kappa shape index (κ1) is 21.7. The fourth-order valence-corrected chi connectivity index (χ4v) is 4.17. The van der Waals surface area contributed by atoms with Crippen molar-refractivity contribution in [1.29, 1.82) is 0 Å². The number of carbonyl (C=O) groups excluding carboxylic acids is 2. The Labute approximate surface area is 186 Å². The highest BCUT2D eigenvalue weighted by Gasteiger charge is 2.41. The van der Waals surface area contributed by atoms with Gasteiger partial charge in [0.15, 0.2) is 0 Å². The van der Waals surface area contributed by atoms with Gasteiger partial charge in [-0.2, -0.15) is 13.2 Å². The maximum atomic E-state index is 13.3. The third-order valence-electron chi connectivity index (χ3n) is 4.84. The van der Waals surface area contributed by atoms with Crippen molar-refractivity contribution in [2.45, 2.75) is 18.0 Å². The summed E-state index contributed by atoms with van der Waals surface area (Å²) in [5.74, 6) is -1.39. The van der Waals surface area contributed by atoms with E-state index in [1.54, 1.807) is 36.4 Å². The second kappa shape index (κ2) is 8.55. The third-order valence-corrected chi connectivity index (χ3v) is 5.93. The molecule has 8 heteroatoms. The minimum Gasteiger partial charge on any atom is -0.350 e. The molecule has 0 aromatic heterocycles. The summed E-state index contributed by atoms with van der Waals surface area (Å²) in [5.41, 5.74) is 0.425. The molecule has 2 amide bonds. The van der Waals surface area contributed by atoms with Crippen molar-refractivity contribution in [2.24, 2.45) is 0 Å². The van der Waals surface area contributed by atoms with E-state index in [1.165, 1.54) is 12.1 Å². The van der Waals surface area contributed by atoms with Gasteiger partial charge in [0.1, 0.15) is 10.6 Å². The smallest absolute Gasteiger partial charge is 0.350 e. The molecule has 3 aromatic carbocycles. The molecule has 4 rings (SSSR count). The van der Waals surface area contributed by atoms with Gasteiger partial charge in [-0.05, 0) is 48.9 Å². The van der Waals surface area contributed by atoms with E-state index in [1.807, 2.05) is 25.1 Å². The molecule has 0 unspecified atom stereocenters. The fraction of sp³-hybridized carbons (Fsp3) is 0.0833. The molecule has 0 aliphatic carbocycles. The SMILES string of the molecule is Cc1ccccc1NC1=C(Sc2ccccc2)C(=O)N(c2cccc(C(F)(F)F)c2)C1=O. The van der Waals surface area contributed by atoms with Crippen LogP contribution >= 0.6 is 11.8 Å². The number of benzene rings is 3. The van der Waals surface area contributed by atoms with Crippen LogP contribution in [0.2, 0.25) is 0 Å². The van der Waals surface area contributed by atoms with E-state index in [2.05, 4.69) is 5.32 Å². The lowest BCUT2D eigenvalue weighted by Gasteiger charge is -2.17. The Bertz CT molecular complexity index is 1220. The van der Waals surface area contributed by atoms with Crippen LogP contribution in [0.5, 0.6) is 0 Å². The summed E-state index contributed by atoms with van der Waals surface area (Å²) in [5, 5.41) is 3.03. The van der Waals surface area contributed by atoms with Crippen LogP contribution in [0.1, 0.15) is 11.1 Å². The van der Waals surface area contributed by atoms with Crippen LogP contribution in [0.3, 0.4) is 0 Å². The lowest BCUT2D eigenvalue weighted by Crippen LogP contribution is -2.32. The second-order valence-electron chi connectivity index (χ2n) is 7.05. The molecule has 3 aromatic rings. The van der Waals surface area contributed by atoms with Crippen molar-refractivity contribution in [3.63, 3.8) is 0 Å². The van der Waals surface area contributed by atoms with Crippen LogP contribution in [0.15, 0.2) is 94.4 Å². The summed E-state index contributed by atoms with van der Waals surface area (Å²) in [7, 11) is 0. The Morgan fingerprint density at radius 3 is 2.22 bits per heavy atom. The number of amides is 2. The minimum atomic E-state index is -4.60. The zero-order valence-electron chi connectivity index (χ0n) is 16.8. The molecule has 0 atom stereocenters. The van der Waals surface area contributed by atoms with Gasteiger partial charge in [0.2, 0.25) is 0 Å². The van der Waals surface area contributed by atoms with Gasteiger partial charge >= 0.3 is 6.18 Å². The number of anilines is 2. The van der Waals surface area contributed by atoms with Crippen molar-refractivity contribution >= 4 is 35.0 Å². The van der Waals surface area contributed by atoms with Crippen LogP contribution in [-0.2, 0) is 15.8 Å². The predicted octanol–water partition coefficient (Wildman–Crippen LogP) is 6.00. The summed E-state index contributed by atoms with van der Waals surface area (Å²) >= 11 is 1.09. The molecule has 1 aliphatic rings. The topological polar surface area (TPSA) is 49.4 Å². The highest BCUT2D eigenvalue weighted by atomic mass is 32.2. The Kier molecular flexibility index (Phi) is 5.80. The van der Waals surface area contributed by atoms with Crippen molar-refractivity contribution in [3.05, 3.63) is 101 Å². The van der Waals surface area contributed by atoms with E-state index >= 15 is 0 Å². The molecular formula is C24H17F3N2O2S. The van der Waals surface area contributed by atoms with Crippen molar-refractivity contribution in [3.8, 4) is 0 Å². The van der Waals surface area contributed by atoms with Crippen molar-refractivity contribution in [1.82, 2.24) is 0 Å². The molecule has 0 fully saturated rings. The quantitative estimate of drug-likeness (QED) is 0.480. The average molecular weight is 454 g/mol. The number of para-hydroxylation sites is 1. The predicted molar refractivity (Wildman–Crippen MR) is 118 cm³/mol. The second-order valence-corrected chi connectivity index (χ2v) is 8.14. The minimum absolute atomic E-state index is 0.0237. The lowest BCUT2D eigenvalue weighted by atomic mass is 10.2. The van der Waals surface area contributed by atoms with Crippen LogP contribution in [0, 0.1) is 6.92 Å². The molecule has 162 valence electrons. The molecule has 1 aliphatic heterocycles. The number of nitrogens with one attached hydrogen (secondary N) is 1. The van der Waals surface area contributed by atoms with Gasteiger partial charge < -0.3 is 5.32 Å². The highest BCUT2D eigenvalue weighted by molar-refractivity contribution is 8.04. The molecule has 0 saturated carbocycles. The Morgan fingerprint density at radius 2 is 1.53 bits per heavy atom. The first-order valence-electron chi connectivity index (χ1n) is 9.61. The normalized spacial score (nSPS) is 14.3. The number of nitrogens with zero attached hydrogens (tertiary/aromatic N) is 1. The van der Waals surface area contributed by atoms with E-state index in [0.717, 1.165) is 39.3 Å². The van der Waals surface area contributed by atoms with Gasteiger partial charge in [0.25, 0.3) is 11.8 Å². The number of aryl methyl sites for hydroxylation is 1. The summed E-state index contributed by atoms with van der Waals surface area (Å²) in [6.45, 7) is 1.85. The van der Waals surface area contributed by atoms with E-state index in [9.17, 15) is 22.8 Å². The number of hydrogen-bond donors (Lipinski definition) is 1. The standard InChI is InChI=1S/C24H17F3N2O2S/c1-15-8-5-6-13-19(15)28-20-21(32-18-11-3-2-4-12-18)23(31)29(22(20)30)17-10-7-9-16(14-17)24(25,26)27/h2-14,28H,1H3. The molecule has 1 heterocycles. The molecule has 32 heavy (non-hydrogen) atoms. The number of halogens is 3. The Morgan fingerprint density at radius 1 is 0.844 bits per heavy atom. The van der Waals surface area contributed by atoms with Crippen LogP contribution in [-0.4, -0.2) is 11.8 Å². The van der Waals surface area contributed by atoms with E-state index in [-0.39, 0.29) is 16.3 Å². The number of thioether (sulfide) groups is 1. The van der Waals surface area contributed by atoms with Gasteiger partial charge in [-0.15, -0.1) is 0 Å². The summed E-state index contributed by atoms with van der Waals surface area (Å²) in [4.78, 5) is 28.2. The maximum absolute atomic E-state index is 13.3. The maximum Gasteiger partial charge on any atom is 0.416 e. The summed E-state index contributed by atoms with van der Waals surface area (Å²) in [6.07, 6.45) is -4.60. The first-order chi connectivity index (χ1) is 15.3. The number of alkyl halides is 3. The van der Waals surface area contributed by atoms with Crippen molar-refractivity contribution < 1.29 is 22.8 Å². The van der Waals surface area contributed by atoms with Gasteiger partial charge in [-0.1, -0.05) is 54.2 Å². The number of carbonyl (C=O) groups is 2. The molecule has 0 radical (unpaired) electrons. The summed E-state index contributed by atoms with van der Waals surface area (Å²) in [6, 6.07) is 20.4. The zero-order valence-corrected chi connectivity index (χ0v) is 17.6. The van der Waals surface area contributed by atoms with Crippen LogP contribution < -0.4 is 10.2 Å². The molecule has 0 spiro atoms.